The molecule has 1 N–H and O–H groups in total. The van der Waals surface area contributed by atoms with E-state index in [2.05, 4.69) is 5.32 Å². The van der Waals surface area contributed by atoms with E-state index in [9.17, 15) is 16.8 Å². The van der Waals surface area contributed by atoms with Crippen molar-refractivity contribution in [3.05, 3.63) is 0 Å². The molecule has 5 nitrogen and oxygen atoms in total. The summed E-state index contributed by atoms with van der Waals surface area (Å²) in [6, 6.07) is -0.0633. The Morgan fingerprint density at radius 1 is 1.11 bits per heavy atom. The molecule has 1 aliphatic heterocycles. The zero-order valence-electron chi connectivity index (χ0n) is 11.2. The highest BCUT2D eigenvalue weighted by Crippen LogP contribution is 2.26. The molecule has 0 bridgehead atoms. The van der Waals surface area contributed by atoms with Crippen LogP contribution in [0.4, 0.5) is 0 Å². The van der Waals surface area contributed by atoms with Crippen molar-refractivity contribution >= 4 is 19.7 Å². The molecular formula is C12H23NO4S2. The summed E-state index contributed by atoms with van der Waals surface area (Å²) in [5.41, 5.74) is 0. The number of hydrogen-bond donors (Lipinski definition) is 1. The smallest absolute Gasteiger partial charge is 0.151 e. The Morgan fingerprint density at radius 2 is 1.79 bits per heavy atom. The van der Waals surface area contributed by atoms with Gasteiger partial charge in [0.15, 0.2) is 19.7 Å². The van der Waals surface area contributed by atoms with Crippen LogP contribution in [0.1, 0.15) is 32.1 Å². The van der Waals surface area contributed by atoms with Gasteiger partial charge in [0.2, 0.25) is 0 Å². The number of hydrogen-bond acceptors (Lipinski definition) is 5. The van der Waals surface area contributed by atoms with Gasteiger partial charge in [0.1, 0.15) is 0 Å². The third kappa shape index (κ3) is 5.04. The van der Waals surface area contributed by atoms with E-state index in [-0.39, 0.29) is 23.3 Å². The first-order valence-electron chi connectivity index (χ1n) is 7.00. The predicted octanol–water partition coefficient (Wildman–Crippen LogP) is 0.368. The summed E-state index contributed by atoms with van der Waals surface area (Å²) in [7, 11) is -5.89. The van der Waals surface area contributed by atoms with E-state index in [0.29, 0.717) is 24.6 Å². The van der Waals surface area contributed by atoms with Crippen molar-refractivity contribution < 1.29 is 16.8 Å². The third-order valence-corrected chi connectivity index (χ3v) is 7.62. The zero-order valence-corrected chi connectivity index (χ0v) is 12.8. The minimum absolute atomic E-state index is 0.0633. The molecule has 2 fully saturated rings. The van der Waals surface area contributed by atoms with E-state index in [4.69, 9.17) is 0 Å². The van der Waals surface area contributed by atoms with E-state index in [1.165, 1.54) is 0 Å². The van der Waals surface area contributed by atoms with Gasteiger partial charge in [-0.1, -0.05) is 12.8 Å². The SMILES string of the molecule is O=S(=O)(CCNC1CCS(=O)(=O)C1)CC1CCCC1. The number of nitrogens with one attached hydrogen (secondary N) is 1. The Labute approximate surface area is 116 Å². The highest BCUT2D eigenvalue weighted by atomic mass is 32.2. The average Bonchev–Trinajstić information content (AvgIpc) is 2.87. The van der Waals surface area contributed by atoms with Crippen molar-refractivity contribution in [2.24, 2.45) is 5.92 Å². The van der Waals surface area contributed by atoms with Crippen LogP contribution in [-0.4, -0.2) is 52.4 Å². The predicted molar refractivity (Wildman–Crippen MR) is 75.7 cm³/mol. The average molecular weight is 309 g/mol. The molecule has 0 radical (unpaired) electrons. The maximum absolute atomic E-state index is 11.9. The molecule has 1 saturated heterocycles. The van der Waals surface area contributed by atoms with Crippen LogP contribution in [0.25, 0.3) is 0 Å². The minimum atomic E-state index is -3.00. The van der Waals surface area contributed by atoms with E-state index in [0.717, 1.165) is 25.7 Å². The van der Waals surface area contributed by atoms with E-state index < -0.39 is 19.7 Å². The Hall–Kier alpha value is -0.140. The summed E-state index contributed by atoms with van der Waals surface area (Å²) in [4.78, 5) is 0. The van der Waals surface area contributed by atoms with Crippen molar-refractivity contribution in [2.75, 3.05) is 29.6 Å². The molecule has 0 amide bonds. The molecule has 2 aliphatic rings. The van der Waals surface area contributed by atoms with Gasteiger partial charge in [-0.3, -0.25) is 0 Å². The van der Waals surface area contributed by atoms with Crippen LogP contribution < -0.4 is 5.32 Å². The zero-order chi connectivity index (χ0) is 13.9. The van der Waals surface area contributed by atoms with Gasteiger partial charge in [-0.2, -0.15) is 0 Å². The molecule has 1 aliphatic carbocycles. The van der Waals surface area contributed by atoms with E-state index >= 15 is 0 Å². The fourth-order valence-corrected chi connectivity index (χ4v) is 6.35. The summed E-state index contributed by atoms with van der Waals surface area (Å²) < 4.78 is 46.4. The van der Waals surface area contributed by atoms with Crippen molar-refractivity contribution in [3.8, 4) is 0 Å². The lowest BCUT2D eigenvalue weighted by molar-refractivity contribution is 0.544. The molecule has 0 aromatic heterocycles. The third-order valence-electron chi connectivity index (χ3n) is 4.04. The molecule has 2 rings (SSSR count). The Morgan fingerprint density at radius 3 is 2.37 bits per heavy atom. The van der Waals surface area contributed by atoms with Crippen molar-refractivity contribution in [2.45, 2.75) is 38.1 Å². The first kappa shape index (κ1) is 15.3. The Kier molecular flexibility index (Phi) is 4.89. The lowest BCUT2D eigenvalue weighted by Gasteiger charge is -2.12. The first-order valence-corrected chi connectivity index (χ1v) is 10.6. The van der Waals surface area contributed by atoms with Crippen LogP contribution in [-0.2, 0) is 19.7 Å². The van der Waals surface area contributed by atoms with Crippen molar-refractivity contribution in [3.63, 3.8) is 0 Å². The second kappa shape index (κ2) is 6.10. The monoisotopic (exact) mass is 309 g/mol. The molecule has 0 spiro atoms. The van der Waals surface area contributed by atoms with Crippen LogP contribution in [0.2, 0.25) is 0 Å². The summed E-state index contributed by atoms with van der Waals surface area (Å²) in [5, 5.41) is 3.06. The molecule has 1 heterocycles. The van der Waals surface area contributed by atoms with Crippen LogP contribution in [0.3, 0.4) is 0 Å². The van der Waals surface area contributed by atoms with Gasteiger partial charge in [0, 0.05) is 12.6 Å². The molecule has 7 heteroatoms. The molecule has 0 aromatic rings. The van der Waals surface area contributed by atoms with E-state index in [1.807, 2.05) is 0 Å². The van der Waals surface area contributed by atoms with E-state index in [1.54, 1.807) is 0 Å². The van der Waals surface area contributed by atoms with Gasteiger partial charge in [0.05, 0.1) is 23.0 Å². The van der Waals surface area contributed by atoms with Crippen molar-refractivity contribution in [1.82, 2.24) is 5.32 Å². The highest BCUT2D eigenvalue weighted by molar-refractivity contribution is 7.91. The largest absolute Gasteiger partial charge is 0.312 e. The lowest BCUT2D eigenvalue weighted by atomic mass is 10.1. The van der Waals surface area contributed by atoms with Crippen LogP contribution >= 0.6 is 0 Å². The Bertz CT molecular complexity index is 492. The maximum atomic E-state index is 11.9. The summed E-state index contributed by atoms with van der Waals surface area (Å²) in [6.45, 7) is 0.370. The fraction of sp³-hybridized carbons (Fsp3) is 1.00. The van der Waals surface area contributed by atoms with Crippen molar-refractivity contribution in [1.29, 1.82) is 0 Å². The number of sulfone groups is 2. The summed E-state index contributed by atoms with van der Waals surface area (Å²) in [5.74, 6) is 1.14. The highest BCUT2D eigenvalue weighted by Gasteiger charge is 2.28. The topological polar surface area (TPSA) is 80.3 Å². The normalized spacial score (nSPS) is 27.9. The standard InChI is InChI=1S/C12H23NO4S2/c14-18(15)7-5-12(10-18)13-6-8-19(16,17)9-11-3-1-2-4-11/h11-13H,1-10H2. The minimum Gasteiger partial charge on any atom is -0.312 e. The van der Waals surface area contributed by atoms with Crippen LogP contribution in [0.5, 0.6) is 0 Å². The van der Waals surface area contributed by atoms with Gasteiger partial charge in [-0.25, -0.2) is 16.8 Å². The van der Waals surface area contributed by atoms with Crippen LogP contribution in [0.15, 0.2) is 0 Å². The van der Waals surface area contributed by atoms with Gasteiger partial charge in [0.25, 0.3) is 0 Å². The Balaban J connectivity index is 1.70. The maximum Gasteiger partial charge on any atom is 0.151 e. The number of rotatable bonds is 6. The van der Waals surface area contributed by atoms with Gasteiger partial charge >= 0.3 is 0 Å². The molecular weight excluding hydrogens is 286 g/mol. The van der Waals surface area contributed by atoms with Gasteiger partial charge in [-0.15, -0.1) is 0 Å². The summed E-state index contributed by atoms with van der Waals surface area (Å²) in [6.07, 6.45) is 4.98. The molecule has 1 saturated carbocycles. The first-order chi connectivity index (χ1) is 8.86. The molecule has 0 aromatic carbocycles. The summed E-state index contributed by atoms with van der Waals surface area (Å²) >= 11 is 0. The van der Waals surface area contributed by atoms with Gasteiger partial charge < -0.3 is 5.32 Å². The quantitative estimate of drug-likeness (QED) is 0.766. The molecule has 1 atom stereocenters. The second-order valence-corrected chi connectivity index (χ2v) is 10.3. The lowest BCUT2D eigenvalue weighted by Crippen LogP contribution is -2.34. The second-order valence-electron chi connectivity index (χ2n) is 5.82. The van der Waals surface area contributed by atoms with Crippen LogP contribution in [0, 0.1) is 5.92 Å². The molecule has 19 heavy (non-hydrogen) atoms. The fourth-order valence-electron chi connectivity index (χ4n) is 2.99. The molecule has 112 valence electrons. The van der Waals surface area contributed by atoms with Gasteiger partial charge in [-0.05, 0) is 25.2 Å². The molecule has 1 unspecified atom stereocenters.